The molecule has 0 heterocycles. The minimum atomic E-state index is 0.405. The molecule has 0 bridgehead atoms. The molecular formula is C6H8Br2N2. The Morgan fingerprint density at radius 2 is 1.10 bits per heavy atom. The standard InChI is InChI=1S/C6H8Br2N2/c1-3(7)5(9)6(10)4(2)8/h1-2,9-10H2/b6-5-. The van der Waals surface area contributed by atoms with Gasteiger partial charge in [0.2, 0.25) is 0 Å². The van der Waals surface area contributed by atoms with Crippen LogP contribution in [0.4, 0.5) is 0 Å². The van der Waals surface area contributed by atoms with Crippen molar-refractivity contribution >= 4 is 31.9 Å². The van der Waals surface area contributed by atoms with Crippen LogP contribution in [-0.4, -0.2) is 0 Å². The molecule has 4 heteroatoms. The molecule has 4 N–H and O–H groups in total. The fraction of sp³-hybridized carbons (Fsp3) is 0. The molecule has 0 aromatic rings. The summed E-state index contributed by atoms with van der Waals surface area (Å²) < 4.78 is 1.12. The molecule has 0 radical (unpaired) electrons. The van der Waals surface area contributed by atoms with E-state index in [0.717, 1.165) is 0 Å². The van der Waals surface area contributed by atoms with E-state index in [1.54, 1.807) is 0 Å². The Morgan fingerprint density at radius 1 is 0.900 bits per heavy atom. The Morgan fingerprint density at radius 3 is 1.20 bits per heavy atom. The van der Waals surface area contributed by atoms with Gasteiger partial charge in [0.05, 0.1) is 11.4 Å². The van der Waals surface area contributed by atoms with E-state index in [1.165, 1.54) is 0 Å². The van der Waals surface area contributed by atoms with Crippen LogP contribution in [0, 0.1) is 0 Å². The molecule has 0 atom stereocenters. The van der Waals surface area contributed by atoms with Gasteiger partial charge in [0.1, 0.15) is 0 Å². The van der Waals surface area contributed by atoms with Gasteiger partial charge < -0.3 is 11.5 Å². The van der Waals surface area contributed by atoms with Crippen molar-refractivity contribution in [1.29, 1.82) is 0 Å². The number of halogens is 2. The maximum absolute atomic E-state index is 5.48. The second-order valence-electron chi connectivity index (χ2n) is 1.64. The van der Waals surface area contributed by atoms with Gasteiger partial charge in [-0.15, -0.1) is 0 Å². The summed E-state index contributed by atoms with van der Waals surface area (Å²) in [7, 11) is 0. The van der Waals surface area contributed by atoms with Crippen LogP contribution in [0.15, 0.2) is 33.5 Å². The van der Waals surface area contributed by atoms with Crippen molar-refractivity contribution in [3.8, 4) is 0 Å². The fourth-order valence-electron chi connectivity index (χ4n) is 0.292. The molecule has 0 aliphatic heterocycles. The summed E-state index contributed by atoms with van der Waals surface area (Å²) in [5.41, 5.74) is 11.8. The second-order valence-corrected chi connectivity index (χ2v) is 3.55. The van der Waals surface area contributed by atoms with Crippen molar-refractivity contribution in [1.82, 2.24) is 0 Å². The van der Waals surface area contributed by atoms with Crippen LogP contribution in [-0.2, 0) is 0 Å². The van der Waals surface area contributed by atoms with Gasteiger partial charge in [-0.2, -0.15) is 0 Å². The van der Waals surface area contributed by atoms with E-state index >= 15 is 0 Å². The molecule has 0 aliphatic rings. The molecular weight excluding hydrogens is 260 g/mol. The first-order chi connectivity index (χ1) is 4.46. The van der Waals surface area contributed by atoms with Crippen molar-refractivity contribution in [3.63, 3.8) is 0 Å². The van der Waals surface area contributed by atoms with Crippen LogP contribution in [0.5, 0.6) is 0 Å². The Hall–Kier alpha value is -0.220. The van der Waals surface area contributed by atoms with Crippen LogP contribution in [0.3, 0.4) is 0 Å². The van der Waals surface area contributed by atoms with Crippen molar-refractivity contribution in [2.45, 2.75) is 0 Å². The maximum atomic E-state index is 5.48. The van der Waals surface area contributed by atoms with Crippen LogP contribution < -0.4 is 11.5 Å². The summed E-state index contributed by atoms with van der Waals surface area (Å²) in [5.74, 6) is 0. The minimum absolute atomic E-state index is 0.405. The lowest BCUT2D eigenvalue weighted by molar-refractivity contribution is 1.27. The van der Waals surface area contributed by atoms with Crippen LogP contribution in [0.25, 0.3) is 0 Å². The normalized spacial score (nSPS) is 12.2. The highest BCUT2D eigenvalue weighted by molar-refractivity contribution is 9.12. The topological polar surface area (TPSA) is 52.0 Å². The molecule has 0 saturated heterocycles. The van der Waals surface area contributed by atoms with E-state index in [1.807, 2.05) is 0 Å². The van der Waals surface area contributed by atoms with E-state index in [0.29, 0.717) is 20.4 Å². The maximum Gasteiger partial charge on any atom is 0.0697 e. The number of rotatable bonds is 2. The summed E-state index contributed by atoms with van der Waals surface area (Å²) in [5, 5.41) is 0. The Labute approximate surface area is 76.9 Å². The molecule has 0 fully saturated rings. The third-order valence-electron chi connectivity index (χ3n) is 0.875. The monoisotopic (exact) mass is 266 g/mol. The van der Waals surface area contributed by atoms with Gasteiger partial charge in [-0.25, -0.2) is 0 Å². The zero-order valence-electron chi connectivity index (χ0n) is 5.32. The summed E-state index contributed by atoms with van der Waals surface area (Å²) in [6.45, 7) is 7.10. The molecule has 0 saturated carbocycles. The Balaban J connectivity index is 4.67. The highest BCUT2D eigenvalue weighted by Gasteiger charge is 2.01. The lowest BCUT2D eigenvalue weighted by atomic mass is 10.3. The molecule has 10 heavy (non-hydrogen) atoms. The lowest BCUT2D eigenvalue weighted by Crippen LogP contribution is -2.08. The molecule has 0 aromatic heterocycles. The van der Waals surface area contributed by atoms with Crippen LogP contribution >= 0.6 is 31.9 Å². The van der Waals surface area contributed by atoms with Crippen LogP contribution in [0.2, 0.25) is 0 Å². The summed E-state index contributed by atoms with van der Waals surface area (Å²) >= 11 is 6.18. The van der Waals surface area contributed by atoms with Crippen molar-refractivity contribution in [2.24, 2.45) is 11.5 Å². The zero-order valence-corrected chi connectivity index (χ0v) is 8.50. The predicted octanol–water partition coefficient (Wildman–Crippen LogP) is 1.93. The van der Waals surface area contributed by atoms with Crippen LogP contribution in [0.1, 0.15) is 0 Å². The van der Waals surface area contributed by atoms with E-state index in [2.05, 4.69) is 45.0 Å². The molecule has 0 amide bonds. The first-order valence-corrected chi connectivity index (χ1v) is 4.00. The number of hydrogen-bond acceptors (Lipinski definition) is 2. The number of nitrogens with two attached hydrogens (primary N) is 2. The van der Waals surface area contributed by atoms with Gasteiger partial charge >= 0.3 is 0 Å². The quantitative estimate of drug-likeness (QED) is 0.752. The number of hydrogen-bond donors (Lipinski definition) is 2. The van der Waals surface area contributed by atoms with Gasteiger partial charge in [-0.3, -0.25) is 0 Å². The second kappa shape index (κ2) is 3.83. The number of allylic oxidation sites excluding steroid dienone is 2. The first-order valence-electron chi connectivity index (χ1n) is 2.41. The molecule has 2 nitrogen and oxygen atoms in total. The minimum Gasteiger partial charge on any atom is -0.396 e. The molecule has 0 spiro atoms. The van der Waals surface area contributed by atoms with E-state index in [-0.39, 0.29) is 0 Å². The van der Waals surface area contributed by atoms with Gasteiger partial charge in [0, 0.05) is 8.96 Å². The third-order valence-corrected chi connectivity index (χ3v) is 1.73. The van der Waals surface area contributed by atoms with Crippen molar-refractivity contribution in [2.75, 3.05) is 0 Å². The lowest BCUT2D eigenvalue weighted by Gasteiger charge is -2.02. The SMILES string of the molecule is C=C(Br)/C(N)=C(/N)C(=C)Br. The fourth-order valence-corrected chi connectivity index (χ4v) is 0.719. The van der Waals surface area contributed by atoms with Crippen molar-refractivity contribution < 1.29 is 0 Å². The highest BCUT2D eigenvalue weighted by atomic mass is 79.9. The first kappa shape index (κ1) is 9.78. The average Bonchev–Trinajstić information content (AvgIpc) is 1.84. The smallest absolute Gasteiger partial charge is 0.0697 e. The van der Waals surface area contributed by atoms with Crippen molar-refractivity contribution in [3.05, 3.63) is 33.5 Å². The Kier molecular flexibility index (Phi) is 3.75. The average molecular weight is 268 g/mol. The van der Waals surface area contributed by atoms with E-state index in [9.17, 15) is 0 Å². The van der Waals surface area contributed by atoms with E-state index < -0.39 is 0 Å². The molecule has 0 rings (SSSR count). The third kappa shape index (κ3) is 2.58. The largest absolute Gasteiger partial charge is 0.396 e. The molecule has 56 valence electrons. The van der Waals surface area contributed by atoms with Gasteiger partial charge in [0.25, 0.3) is 0 Å². The zero-order chi connectivity index (χ0) is 8.31. The highest BCUT2D eigenvalue weighted by Crippen LogP contribution is 2.17. The summed E-state index contributed by atoms with van der Waals surface area (Å²) in [6, 6.07) is 0. The Bertz CT molecular complexity index is 184. The predicted molar refractivity (Wildman–Crippen MR) is 51.5 cm³/mol. The molecule has 0 aromatic carbocycles. The molecule has 0 unspecified atom stereocenters. The van der Waals surface area contributed by atoms with Gasteiger partial charge in [-0.05, 0) is 31.9 Å². The summed E-state index contributed by atoms with van der Waals surface area (Å²) in [6.07, 6.45) is 0. The summed E-state index contributed by atoms with van der Waals surface area (Å²) in [4.78, 5) is 0. The van der Waals surface area contributed by atoms with E-state index in [4.69, 9.17) is 11.5 Å². The van der Waals surface area contributed by atoms with Gasteiger partial charge in [-0.1, -0.05) is 13.2 Å². The van der Waals surface area contributed by atoms with Gasteiger partial charge in [0.15, 0.2) is 0 Å². The molecule has 0 aliphatic carbocycles.